The van der Waals surface area contributed by atoms with E-state index in [4.69, 9.17) is 5.11 Å². The van der Waals surface area contributed by atoms with Crippen LogP contribution < -0.4 is 4.72 Å². The van der Waals surface area contributed by atoms with Crippen LogP contribution in [0.3, 0.4) is 0 Å². The van der Waals surface area contributed by atoms with Crippen molar-refractivity contribution in [1.29, 1.82) is 0 Å². The molecule has 0 saturated carbocycles. The van der Waals surface area contributed by atoms with Crippen LogP contribution >= 0.6 is 0 Å². The summed E-state index contributed by atoms with van der Waals surface area (Å²) in [6, 6.07) is 10.7. The van der Waals surface area contributed by atoms with E-state index >= 15 is 0 Å². The van der Waals surface area contributed by atoms with Crippen molar-refractivity contribution in [3.8, 4) is 0 Å². The smallest absolute Gasteiger partial charge is 0.335 e. The normalized spacial score (nSPS) is 11.6. The van der Waals surface area contributed by atoms with Gasteiger partial charge < -0.3 is 10.1 Å². The average molecular weight is 386 g/mol. The van der Waals surface area contributed by atoms with Crippen molar-refractivity contribution in [1.82, 2.24) is 4.98 Å². The molecule has 0 bridgehead atoms. The summed E-state index contributed by atoms with van der Waals surface area (Å²) in [6.07, 6.45) is 2.76. The predicted molar refractivity (Wildman–Crippen MR) is 106 cm³/mol. The van der Waals surface area contributed by atoms with Crippen LogP contribution in [0.15, 0.2) is 47.4 Å². The summed E-state index contributed by atoms with van der Waals surface area (Å²) in [4.78, 5) is 14.5. The maximum Gasteiger partial charge on any atom is 0.335 e. The molecular formula is C20H22N2O4S. The third-order valence-corrected chi connectivity index (χ3v) is 5.89. The second-order valence-corrected chi connectivity index (χ2v) is 8.06. The molecule has 142 valence electrons. The zero-order valence-electron chi connectivity index (χ0n) is 15.2. The summed E-state index contributed by atoms with van der Waals surface area (Å²) in [5.41, 5.74) is 3.65. The number of benzene rings is 2. The fraction of sp³-hybridized carbons (Fsp3) is 0.250. The van der Waals surface area contributed by atoms with Gasteiger partial charge in [-0.05, 0) is 60.9 Å². The summed E-state index contributed by atoms with van der Waals surface area (Å²) in [7, 11) is -3.78. The summed E-state index contributed by atoms with van der Waals surface area (Å²) in [5.74, 6) is -1.06. The number of fused-ring (bicyclic) bond motifs is 1. The van der Waals surface area contributed by atoms with E-state index in [2.05, 4.69) is 23.6 Å². The largest absolute Gasteiger partial charge is 0.478 e. The molecule has 7 heteroatoms. The molecule has 0 radical (unpaired) electrons. The lowest BCUT2D eigenvalue weighted by molar-refractivity contribution is 0.0697. The van der Waals surface area contributed by atoms with Crippen LogP contribution in [0.25, 0.3) is 10.9 Å². The van der Waals surface area contributed by atoms with Crippen molar-refractivity contribution in [2.45, 2.75) is 38.0 Å². The molecule has 0 saturated heterocycles. The molecule has 2 aromatic carbocycles. The highest BCUT2D eigenvalue weighted by Crippen LogP contribution is 2.27. The molecule has 0 atom stereocenters. The topological polar surface area (TPSA) is 99.3 Å². The Hall–Kier alpha value is -2.80. The number of aryl methyl sites for hydroxylation is 2. The van der Waals surface area contributed by atoms with Gasteiger partial charge >= 0.3 is 5.97 Å². The van der Waals surface area contributed by atoms with Crippen molar-refractivity contribution in [2.75, 3.05) is 4.72 Å². The number of sulfonamides is 1. The van der Waals surface area contributed by atoms with Gasteiger partial charge in [0.2, 0.25) is 0 Å². The van der Waals surface area contributed by atoms with Crippen LogP contribution in [0, 0.1) is 0 Å². The number of anilines is 1. The molecule has 0 aliphatic rings. The first-order valence-electron chi connectivity index (χ1n) is 8.85. The molecule has 3 N–H and O–H groups in total. The SMILES string of the molecule is CCCc1[nH]c2ccc(S(=O)(=O)Nc3ccc(C(=O)O)cc3)cc2c1CC. The summed E-state index contributed by atoms with van der Waals surface area (Å²) in [5, 5.41) is 9.86. The maximum absolute atomic E-state index is 12.8. The van der Waals surface area contributed by atoms with Crippen LogP contribution in [-0.4, -0.2) is 24.5 Å². The monoisotopic (exact) mass is 386 g/mol. The van der Waals surface area contributed by atoms with Gasteiger partial charge in [-0.2, -0.15) is 0 Å². The first kappa shape index (κ1) is 19.0. The fourth-order valence-electron chi connectivity index (χ4n) is 3.21. The first-order valence-corrected chi connectivity index (χ1v) is 10.3. The highest BCUT2D eigenvalue weighted by Gasteiger charge is 2.18. The molecule has 1 heterocycles. The second-order valence-electron chi connectivity index (χ2n) is 6.38. The van der Waals surface area contributed by atoms with Gasteiger partial charge in [0.1, 0.15) is 0 Å². The Labute approximate surface area is 158 Å². The molecule has 0 fully saturated rings. The Bertz CT molecular complexity index is 1080. The van der Waals surface area contributed by atoms with E-state index in [1.807, 2.05) is 0 Å². The molecule has 6 nitrogen and oxygen atoms in total. The molecule has 27 heavy (non-hydrogen) atoms. The van der Waals surface area contributed by atoms with E-state index in [-0.39, 0.29) is 10.5 Å². The number of carbonyl (C=O) groups is 1. The number of aromatic amines is 1. The Morgan fingerprint density at radius 3 is 2.41 bits per heavy atom. The Morgan fingerprint density at radius 2 is 1.81 bits per heavy atom. The highest BCUT2D eigenvalue weighted by molar-refractivity contribution is 7.92. The number of aromatic carboxylic acids is 1. The summed E-state index contributed by atoms with van der Waals surface area (Å²) < 4.78 is 28.0. The summed E-state index contributed by atoms with van der Waals surface area (Å²) in [6.45, 7) is 4.17. The Balaban J connectivity index is 1.96. The van der Waals surface area contributed by atoms with Gasteiger partial charge in [-0.25, -0.2) is 13.2 Å². The van der Waals surface area contributed by atoms with Crippen molar-refractivity contribution in [3.63, 3.8) is 0 Å². The number of nitrogens with one attached hydrogen (secondary N) is 2. The third-order valence-electron chi connectivity index (χ3n) is 4.51. The number of H-pyrrole nitrogens is 1. The third kappa shape index (κ3) is 3.83. The van der Waals surface area contributed by atoms with E-state index in [0.717, 1.165) is 41.4 Å². The number of aromatic nitrogens is 1. The van der Waals surface area contributed by atoms with Gasteiger partial charge in [0.05, 0.1) is 10.5 Å². The van der Waals surface area contributed by atoms with Crippen molar-refractivity contribution >= 4 is 32.6 Å². The van der Waals surface area contributed by atoms with Crippen molar-refractivity contribution < 1.29 is 18.3 Å². The van der Waals surface area contributed by atoms with Crippen LogP contribution in [0.5, 0.6) is 0 Å². The molecule has 3 aromatic rings. The Morgan fingerprint density at radius 1 is 1.11 bits per heavy atom. The number of carboxylic acids is 1. The number of hydrogen-bond acceptors (Lipinski definition) is 3. The molecule has 0 unspecified atom stereocenters. The predicted octanol–water partition coefficient (Wildman–Crippen LogP) is 4.18. The first-order chi connectivity index (χ1) is 12.9. The maximum atomic E-state index is 12.8. The summed E-state index contributed by atoms with van der Waals surface area (Å²) >= 11 is 0. The van der Waals surface area contributed by atoms with Crippen LogP contribution in [-0.2, 0) is 22.9 Å². The van der Waals surface area contributed by atoms with Gasteiger partial charge in [0.15, 0.2) is 0 Å². The molecule has 3 rings (SSSR count). The lowest BCUT2D eigenvalue weighted by Crippen LogP contribution is -2.13. The van der Waals surface area contributed by atoms with Gasteiger partial charge in [-0.1, -0.05) is 20.3 Å². The van der Waals surface area contributed by atoms with E-state index < -0.39 is 16.0 Å². The van der Waals surface area contributed by atoms with Gasteiger partial charge in [-0.15, -0.1) is 0 Å². The number of carboxylic acid groups (broad SMARTS) is 1. The average Bonchev–Trinajstić information content (AvgIpc) is 2.98. The quantitative estimate of drug-likeness (QED) is 0.567. The van der Waals surface area contributed by atoms with E-state index in [9.17, 15) is 13.2 Å². The van der Waals surface area contributed by atoms with E-state index in [1.165, 1.54) is 24.3 Å². The molecule has 0 spiro atoms. The molecule has 1 aromatic heterocycles. The minimum absolute atomic E-state index is 0.0998. The van der Waals surface area contributed by atoms with Gasteiger partial charge in [0, 0.05) is 22.3 Å². The zero-order valence-corrected chi connectivity index (χ0v) is 16.1. The van der Waals surface area contributed by atoms with Crippen LogP contribution in [0.4, 0.5) is 5.69 Å². The second kappa shape index (κ2) is 7.44. The number of hydrogen-bond donors (Lipinski definition) is 3. The number of rotatable bonds is 7. The van der Waals surface area contributed by atoms with E-state index in [0.29, 0.717) is 5.69 Å². The van der Waals surface area contributed by atoms with E-state index in [1.54, 1.807) is 18.2 Å². The molecular weight excluding hydrogens is 364 g/mol. The lowest BCUT2D eigenvalue weighted by atomic mass is 10.1. The lowest BCUT2D eigenvalue weighted by Gasteiger charge is -2.09. The van der Waals surface area contributed by atoms with Crippen LogP contribution in [0.2, 0.25) is 0 Å². The minimum atomic E-state index is -3.78. The van der Waals surface area contributed by atoms with Crippen molar-refractivity contribution in [3.05, 3.63) is 59.3 Å². The van der Waals surface area contributed by atoms with Gasteiger partial charge in [0.25, 0.3) is 10.0 Å². The molecule has 0 aliphatic heterocycles. The molecule has 0 amide bonds. The van der Waals surface area contributed by atoms with Gasteiger partial charge in [-0.3, -0.25) is 4.72 Å². The fourth-order valence-corrected chi connectivity index (χ4v) is 4.30. The minimum Gasteiger partial charge on any atom is -0.478 e. The highest BCUT2D eigenvalue weighted by atomic mass is 32.2. The van der Waals surface area contributed by atoms with Crippen LogP contribution in [0.1, 0.15) is 41.9 Å². The molecule has 0 aliphatic carbocycles. The Kier molecular flexibility index (Phi) is 5.23. The van der Waals surface area contributed by atoms with Crippen molar-refractivity contribution in [2.24, 2.45) is 0 Å². The zero-order chi connectivity index (χ0) is 19.6. The standard InChI is InChI=1S/C20H22N2O4S/c1-3-5-18-16(4-2)17-12-15(10-11-19(17)21-18)27(25,26)22-14-8-6-13(7-9-14)20(23)24/h6-12,21-22H,3-5H2,1-2H3,(H,23,24).